The van der Waals surface area contributed by atoms with E-state index in [0.29, 0.717) is 17.6 Å². The summed E-state index contributed by atoms with van der Waals surface area (Å²) < 4.78 is 17.1. The average molecular weight is 1010 g/mol. The molecule has 10 nitrogen and oxygen atoms in total. The van der Waals surface area contributed by atoms with E-state index in [1.165, 1.54) is 6.82 Å². The third-order valence-electron chi connectivity index (χ3n) is 11.1. The molecule has 0 spiro atoms. The zero-order valence-corrected chi connectivity index (χ0v) is 35.3. The molecule has 1 saturated heterocycles. The number of esters is 1. The van der Waals surface area contributed by atoms with Crippen LogP contribution in [0.5, 0.6) is 0 Å². The summed E-state index contributed by atoms with van der Waals surface area (Å²) in [4.78, 5) is 27.6. The molecule has 3 aliphatic carbocycles. The van der Waals surface area contributed by atoms with Crippen molar-refractivity contribution in [2.75, 3.05) is 13.7 Å². The van der Waals surface area contributed by atoms with Crippen LogP contribution in [0.25, 0.3) is 0 Å². The number of carbonyl (C=O) groups excluding carboxylic acids is 2. The van der Waals surface area contributed by atoms with Crippen LogP contribution in [0.1, 0.15) is 61.3 Å². The number of ketones is 1. The van der Waals surface area contributed by atoms with Gasteiger partial charge in [-0.3, -0.25) is 4.79 Å². The zero-order valence-electron chi connectivity index (χ0n) is 25.8. The van der Waals surface area contributed by atoms with Gasteiger partial charge in [-0.05, 0) is 57.1 Å². The quantitative estimate of drug-likeness (QED) is 0.147. The van der Waals surface area contributed by atoms with Gasteiger partial charge < -0.3 is 39.8 Å². The maximum atomic E-state index is 14.3. The summed E-state index contributed by atoms with van der Waals surface area (Å²) in [6.07, 6.45) is -3.64. The van der Waals surface area contributed by atoms with Gasteiger partial charge in [0.2, 0.25) is 0 Å². The second kappa shape index (κ2) is 13.3. The van der Waals surface area contributed by atoms with E-state index in [9.17, 15) is 29.9 Å². The first kappa shape index (κ1) is 38.7. The van der Waals surface area contributed by atoms with Crippen molar-refractivity contribution < 1.29 is 132 Å². The van der Waals surface area contributed by atoms with Gasteiger partial charge in [0.05, 0.1) is 18.3 Å². The van der Waals surface area contributed by atoms with Gasteiger partial charge in [0, 0.05) is 117 Å². The van der Waals surface area contributed by atoms with Crippen molar-refractivity contribution in [3.05, 3.63) is 11.1 Å². The van der Waals surface area contributed by atoms with Crippen LogP contribution in [-0.4, -0.2) is 94.5 Å². The van der Waals surface area contributed by atoms with E-state index in [0.717, 1.165) is 0 Å². The summed E-state index contributed by atoms with van der Waals surface area (Å²) in [5.74, 6) is -2.68. The molecule has 3 fully saturated rings. The predicted molar refractivity (Wildman–Crippen MR) is 143 cm³/mol. The minimum Gasteiger partial charge on any atom is -0.456 e. The number of aliphatic hydroxyl groups excluding tert-OH is 1. The van der Waals surface area contributed by atoms with E-state index in [1.807, 2.05) is 13.8 Å². The first-order valence-electron chi connectivity index (χ1n) is 14.1. The van der Waals surface area contributed by atoms with Crippen LogP contribution in [0, 0.1) is 117 Å². The van der Waals surface area contributed by atoms with E-state index in [1.54, 1.807) is 41.7 Å². The first-order chi connectivity index (χ1) is 17.9. The molecule has 4 rings (SSSR count). The Bertz CT molecular complexity index is 1060. The van der Waals surface area contributed by atoms with Gasteiger partial charge in [0.1, 0.15) is 17.8 Å². The van der Waals surface area contributed by atoms with Crippen molar-refractivity contribution in [1.82, 2.24) is 5.32 Å². The number of rotatable bonds is 6. The topological polar surface area (TPSA) is 155 Å². The standard InChI is InChI=1S/C28H46BNO9.2Ac/c1-13-10-18-27(34,12-37-18)22-15(3)28(35)11-17(38-24(33)21(16(4)30-9)39-29(8)36)14(2)19(25(28,5)6)20(31)23(32)26(13,22)7;;/h13,15-18,20-22,30-31,34-36H,10-12H2,1-9H3;;/t13-,15-,16-,17-,18+,20+,21+,22-,26+,27-,28+;;/m0../s1. The molecule has 0 amide bonds. The molecule has 2 radical (unpaired) electrons. The Kier molecular flexibility index (Phi) is 12.6. The van der Waals surface area contributed by atoms with Crippen molar-refractivity contribution in [3.8, 4) is 0 Å². The summed E-state index contributed by atoms with van der Waals surface area (Å²) in [7, 11) is 0.434. The molecule has 2 saturated carbocycles. The maximum absolute atomic E-state index is 14.3. The average Bonchev–Trinajstić information content (AvgIpc) is 2.85. The van der Waals surface area contributed by atoms with Gasteiger partial charge in [-0.25, -0.2) is 4.79 Å². The van der Waals surface area contributed by atoms with Crippen LogP contribution in [0.4, 0.5) is 0 Å². The maximum Gasteiger partial charge on any atom is 0.451 e. The number of aliphatic hydroxyl groups is 3. The van der Waals surface area contributed by atoms with Crippen molar-refractivity contribution in [2.45, 2.75) is 110 Å². The Hall–Kier alpha value is 1.55. The van der Waals surface area contributed by atoms with Crippen LogP contribution in [0.2, 0.25) is 6.82 Å². The fraction of sp³-hybridized carbons (Fsp3) is 0.857. The molecule has 2 bridgehead atoms. The van der Waals surface area contributed by atoms with E-state index in [2.05, 4.69) is 5.32 Å². The number of likely N-dealkylation sites (N-methyl/N-ethyl adjacent to an activating group) is 1. The summed E-state index contributed by atoms with van der Waals surface area (Å²) in [6, 6.07) is -0.492. The largest absolute Gasteiger partial charge is 0.456 e. The number of carbonyl (C=O) groups is 2. The van der Waals surface area contributed by atoms with Gasteiger partial charge in [0.15, 0.2) is 11.9 Å². The predicted octanol–water partition coefficient (Wildman–Crippen LogP) is 0.851. The molecule has 0 aromatic carbocycles. The second-order valence-corrected chi connectivity index (χ2v) is 13.3. The Morgan fingerprint density at radius 2 is 1.78 bits per heavy atom. The van der Waals surface area contributed by atoms with Crippen LogP contribution in [0.15, 0.2) is 11.1 Å². The molecule has 1 aliphatic heterocycles. The Morgan fingerprint density at radius 3 is 2.27 bits per heavy atom. The van der Waals surface area contributed by atoms with Crippen molar-refractivity contribution in [1.29, 1.82) is 0 Å². The first-order valence-corrected chi connectivity index (χ1v) is 14.1. The SMILES string of the molecule is CN[C@@H](C)[C@@H](OB(C)O)C(=O)O[C@H]1C[C@@]2(O)[C@@H](C)[C@@H]3[C@]4(O)CO[C@@H]4C[C@H](C)[C@@]3(C)C(=O)[C@H](O)C(=C1C)C2(C)C.[Ac].[Ac]. The molecule has 0 unspecified atom stereocenters. The normalized spacial score (nSPS) is 42.5. The summed E-state index contributed by atoms with van der Waals surface area (Å²) >= 11 is 0. The van der Waals surface area contributed by atoms with Crippen LogP contribution in [0.3, 0.4) is 0 Å². The second-order valence-electron chi connectivity index (χ2n) is 13.3. The summed E-state index contributed by atoms with van der Waals surface area (Å²) in [6.45, 7) is 14.1. The van der Waals surface area contributed by atoms with E-state index >= 15 is 0 Å². The van der Waals surface area contributed by atoms with Crippen LogP contribution in [-0.2, 0) is 23.7 Å². The monoisotopic (exact) mass is 1010 g/mol. The minimum absolute atomic E-state index is 0. The minimum atomic E-state index is -1.57. The Morgan fingerprint density at radius 1 is 1.20 bits per heavy atom. The number of ether oxygens (including phenoxy) is 2. The molecular formula is C28H46Ac2BNO9. The fourth-order valence-corrected chi connectivity index (χ4v) is 8.36. The number of hydrogen-bond donors (Lipinski definition) is 5. The van der Waals surface area contributed by atoms with E-state index in [4.69, 9.17) is 14.1 Å². The molecule has 5 N–H and O–H groups in total. The molecule has 0 aromatic rings. The molecule has 41 heavy (non-hydrogen) atoms. The molecule has 4 aliphatic rings. The van der Waals surface area contributed by atoms with Crippen molar-refractivity contribution >= 4 is 18.9 Å². The smallest absolute Gasteiger partial charge is 0.451 e. The number of fused-ring (bicyclic) bond motifs is 5. The zero-order chi connectivity index (χ0) is 29.5. The third-order valence-corrected chi connectivity index (χ3v) is 11.1. The molecule has 11 atom stereocenters. The third kappa shape index (κ3) is 5.83. The van der Waals surface area contributed by atoms with E-state index < -0.39 is 83.2 Å². The Balaban J connectivity index is 0.00000294. The fourth-order valence-electron chi connectivity index (χ4n) is 8.36. The Labute approximate surface area is 315 Å². The van der Waals surface area contributed by atoms with Crippen LogP contribution < -0.4 is 5.32 Å². The summed E-state index contributed by atoms with van der Waals surface area (Å²) in [5.41, 5.74) is -4.26. The van der Waals surface area contributed by atoms with Crippen molar-refractivity contribution in [3.63, 3.8) is 0 Å². The molecule has 226 valence electrons. The van der Waals surface area contributed by atoms with E-state index in [-0.39, 0.29) is 107 Å². The van der Waals surface area contributed by atoms with Gasteiger partial charge >= 0.3 is 13.1 Å². The molecule has 1 heterocycles. The van der Waals surface area contributed by atoms with Gasteiger partial charge in [0.25, 0.3) is 0 Å². The van der Waals surface area contributed by atoms with Gasteiger partial charge in [-0.15, -0.1) is 0 Å². The van der Waals surface area contributed by atoms with Crippen LogP contribution >= 0.6 is 0 Å². The number of Topliss-reactive ketones (excluding diaryl/α,β-unsaturated/α-hetero) is 1. The van der Waals surface area contributed by atoms with Gasteiger partial charge in [-0.1, -0.05) is 34.6 Å². The van der Waals surface area contributed by atoms with Gasteiger partial charge in [-0.2, -0.15) is 0 Å². The molecule has 0 aromatic heterocycles. The van der Waals surface area contributed by atoms with Crippen molar-refractivity contribution in [2.24, 2.45) is 28.6 Å². The summed E-state index contributed by atoms with van der Waals surface area (Å²) in [5, 5.41) is 49.0. The molecule has 13 heteroatoms. The number of nitrogens with one attached hydrogen (secondary N) is 1. The molecular weight excluding hydrogens is 959 g/mol. The number of hydrogen-bond acceptors (Lipinski definition) is 10.